The Labute approximate surface area is 117 Å². The summed E-state index contributed by atoms with van der Waals surface area (Å²) in [6, 6.07) is 0.444. The fourth-order valence-electron chi connectivity index (χ4n) is 2.63. The number of nitrogens with one attached hydrogen (secondary N) is 1. The Hall–Kier alpha value is -1.20. The van der Waals surface area contributed by atoms with E-state index in [4.69, 9.17) is 4.98 Å². The first-order chi connectivity index (χ1) is 9.31. The Morgan fingerprint density at radius 2 is 2.37 bits per heavy atom. The van der Waals surface area contributed by atoms with Crippen molar-refractivity contribution in [3.8, 4) is 10.6 Å². The highest BCUT2D eigenvalue weighted by Crippen LogP contribution is 2.36. The molecule has 2 heterocycles. The first-order valence-corrected chi connectivity index (χ1v) is 7.89. The highest BCUT2D eigenvalue weighted by molar-refractivity contribution is 7.15. The second kappa shape index (κ2) is 5.43. The molecule has 1 aliphatic carbocycles. The summed E-state index contributed by atoms with van der Waals surface area (Å²) in [7, 11) is 0. The molecule has 0 aromatic carbocycles. The van der Waals surface area contributed by atoms with Crippen molar-refractivity contribution in [2.24, 2.45) is 0 Å². The third kappa shape index (κ3) is 2.44. The number of thiazole rings is 1. The van der Waals surface area contributed by atoms with Gasteiger partial charge in [-0.3, -0.25) is 4.68 Å². The zero-order chi connectivity index (χ0) is 13.2. The van der Waals surface area contributed by atoms with Gasteiger partial charge in [-0.25, -0.2) is 4.98 Å². The van der Waals surface area contributed by atoms with Gasteiger partial charge in [-0.2, -0.15) is 5.10 Å². The van der Waals surface area contributed by atoms with Crippen LogP contribution in [-0.2, 0) is 13.0 Å². The van der Waals surface area contributed by atoms with Crippen molar-refractivity contribution >= 4 is 11.3 Å². The molecule has 0 saturated carbocycles. The van der Waals surface area contributed by atoms with Crippen LogP contribution in [0.3, 0.4) is 0 Å². The summed E-state index contributed by atoms with van der Waals surface area (Å²) in [4.78, 5) is 6.33. The molecular formula is C14H20N4S. The van der Waals surface area contributed by atoms with Crippen LogP contribution in [0, 0.1) is 0 Å². The third-order valence-corrected chi connectivity index (χ3v) is 4.79. The summed E-state index contributed by atoms with van der Waals surface area (Å²) in [5.74, 6) is 0. The second-order valence-corrected chi connectivity index (χ2v) is 6.00. The lowest BCUT2D eigenvalue weighted by molar-refractivity contribution is 0.465. The van der Waals surface area contributed by atoms with Gasteiger partial charge in [0, 0.05) is 23.2 Å². The molecule has 2 aromatic rings. The normalized spacial score (nSPS) is 18.5. The molecule has 0 bridgehead atoms. The van der Waals surface area contributed by atoms with Crippen LogP contribution in [0.2, 0.25) is 0 Å². The molecule has 0 saturated heterocycles. The molecule has 0 spiro atoms. The van der Waals surface area contributed by atoms with Gasteiger partial charge in [0.05, 0.1) is 17.9 Å². The van der Waals surface area contributed by atoms with Crippen molar-refractivity contribution in [2.45, 2.75) is 45.7 Å². The predicted octanol–water partition coefficient (Wildman–Crippen LogP) is 3.01. The number of nitrogens with zero attached hydrogens (tertiary/aromatic N) is 3. The van der Waals surface area contributed by atoms with Crippen LogP contribution in [0.4, 0.5) is 0 Å². The predicted molar refractivity (Wildman–Crippen MR) is 78.4 cm³/mol. The summed E-state index contributed by atoms with van der Waals surface area (Å²) in [6.45, 7) is 6.17. The van der Waals surface area contributed by atoms with E-state index in [0.717, 1.165) is 23.7 Å². The van der Waals surface area contributed by atoms with E-state index in [0.29, 0.717) is 6.04 Å². The maximum Gasteiger partial charge on any atom is 0.127 e. The lowest BCUT2D eigenvalue weighted by atomic mass is 9.98. The summed E-state index contributed by atoms with van der Waals surface area (Å²) >= 11 is 1.84. The monoisotopic (exact) mass is 276 g/mol. The smallest absolute Gasteiger partial charge is 0.127 e. The van der Waals surface area contributed by atoms with Crippen molar-refractivity contribution in [2.75, 3.05) is 6.54 Å². The Kier molecular flexibility index (Phi) is 3.66. The van der Waals surface area contributed by atoms with Crippen LogP contribution in [-0.4, -0.2) is 21.3 Å². The van der Waals surface area contributed by atoms with E-state index in [1.165, 1.54) is 29.8 Å². The molecule has 19 heavy (non-hydrogen) atoms. The van der Waals surface area contributed by atoms with Gasteiger partial charge in [-0.15, -0.1) is 11.3 Å². The van der Waals surface area contributed by atoms with Gasteiger partial charge in [-0.05, 0) is 32.7 Å². The standard InChI is InChI=1S/C14H20N4S/c1-3-15-11-6-5-7-12-13(11)17-14(19-12)10-8-16-18(4-2)9-10/h8-9,11,15H,3-7H2,1-2H3. The molecule has 0 aliphatic heterocycles. The lowest BCUT2D eigenvalue weighted by Crippen LogP contribution is -2.24. The van der Waals surface area contributed by atoms with Gasteiger partial charge >= 0.3 is 0 Å². The van der Waals surface area contributed by atoms with Gasteiger partial charge in [0.2, 0.25) is 0 Å². The molecule has 4 nitrogen and oxygen atoms in total. The van der Waals surface area contributed by atoms with Crippen LogP contribution >= 0.6 is 11.3 Å². The van der Waals surface area contributed by atoms with E-state index in [9.17, 15) is 0 Å². The Bertz CT molecular complexity index is 558. The quantitative estimate of drug-likeness (QED) is 0.933. The van der Waals surface area contributed by atoms with E-state index in [2.05, 4.69) is 30.5 Å². The number of aromatic nitrogens is 3. The molecule has 1 atom stereocenters. The molecule has 102 valence electrons. The number of hydrogen-bond acceptors (Lipinski definition) is 4. The zero-order valence-corrected chi connectivity index (χ0v) is 12.3. The van der Waals surface area contributed by atoms with Gasteiger partial charge < -0.3 is 5.32 Å². The Morgan fingerprint density at radius 1 is 1.47 bits per heavy atom. The molecule has 0 fully saturated rings. The summed E-state index contributed by atoms with van der Waals surface area (Å²) < 4.78 is 1.96. The van der Waals surface area contributed by atoms with E-state index < -0.39 is 0 Å². The number of aryl methyl sites for hydroxylation is 2. The summed E-state index contributed by atoms with van der Waals surface area (Å²) in [5, 5.41) is 9.01. The van der Waals surface area contributed by atoms with Crippen molar-refractivity contribution in [3.05, 3.63) is 23.0 Å². The minimum atomic E-state index is 0.444. The lowest BCUT2D eigenvalue weighted by Gasteiger charge is -2.21. The Morgan fingerprint density at radius 3 is 3.11 bits per heavy atom. The maximum absolute atomic E-state index is 4.87. The molecule has 3 rings (SSSR count). The topological polar surface area (TPSA) is 42.7 Å². The van der Waals surface area contributed by atoms with Crippen molar-refractivity contribution in [3.63, 3.8) is 0 Å². The third-order valence-electron chi connectivity index (χ3n) is 3.61. The van der Waals surface area contributed by atoms with Crippen molar-refractivity contribution < 1.29 is 0 Å². The minimum Gasteiger partial charge on any atom is -0.309 e. The van der Waals surface area contributed by atoms with Gasteiger partial charge in [0.1, 0.15) is 5.01 Å². The fraction of sp³-hybridized carbons (Fsp3) is 0.571. The molecule has 0 amide bonds. The molecule has 0 radical (unpaired) electrons. The van der Waals surface area contributed by atoms with Crippen molar-refractivity contribution in [1.82, 2.24) is 20.1 Å². The summed E-state index contributed by atoms with van der Waals surface area (Å²) in [5.41, 5.74) is 2.42. The molecule has 2 aromatic heterocycles. The first-order valence-electron chi connectivity index (χ1n) is 7.07. The van der Waals surface area contributed by atoms with Crippen LogP contribution in [0.1, 0.15) is 43.3 Å². The van der Waals surface area contributed by atoms with E-state index >= 15 is 0 Å². The van der Waals surface area contributed by atoms with Crippen LogP contribution in [0.5, 0.6) is 0 Å². The average Bonchev–Trinajstić information content (AvgIpc) is 3.05. The average molecular weight is 276 g/mol. The van der Waals surface area contributed by atoms with Crippen LogP contribution < -0.4 is 5.32 Å². The first kappa shape index (κ1) is 12.8. The van der Waals surface area contributed by atoms with Crippen LogP contribution in [0.15, 0.2) is 12.4 Å². The minimum absolute atomic E-state index is 0.444. The fourth-order valence-corrected chi connectivity index (χ4v) is 3.77. The molecular weight excluding hydrogens is 256 g/mol. The van der Waals surface area contributed by atoms with Gasteiger partial charge in [0.25, 0.3) is 0 Å². The molecule has 1 N–H and O–H groups in total. The van der Waals surface area contributed by atoms with E-state index in [-0.39, 0.29) is 0 Å². The molecule has 1 aliphatic rings. The largest absolute Gasteiger partial charge is 0.309 e. The Balaban J connectivity index is 1.92. The zero-order valence-electron chi connectivity index (χ0n) is 11.5. The van der Waals surface area contributed by atoms with Crippen molar-refractivity contribution in [1.29, 1.82) is 0 Å². The maximum atomic E-state index is 4.87. The highest BCUT2D eigenvalue weighted by atomic mass is 32.1. The molecule has 1 unspecified atom stereocenters. The van der Waals surface area contributed by atoms with Crippen LogP contribution in [0.25, 0.3) is 10.6 Å². The van der Waals surface area contributed by atoms with E-state index in [1.807, 2.05) is 22.2 Å². The SMILES string of the molecule is CCNC1CCCc2sc(-c3cnn(CC)c3)nc21. The second-order valence-electron chi connectivity index (χ2n) is 4.91. The summed E-state index contributed by atoms with van der Waals surface area (Å²) in [6.07, 6.45) is 7.66. The molecule has 5 heteroatoms. The number of fused-ring (bicyclic) bond motifs is 1. The van der Waals surface area contributed by atoms with Gasteiger partial charge in [-0.1, -0.05) is 6.92 Å². The number of hydrogen-bond donors (Lipinski definition) is 1. The van der Waals surface area contributed by atoms with Gasteiger partial charge in [0.15, 0.2) is 0 Å². The number of rotatable bonds is 4. The highest BCUT2D eigenvalue weighted by Gasteiger charge is 2.24. The van der Waals surface area contributed by atoms with E-state index in [1.54, 1.807) is 0 Å².